The lowest BCUT2D eigenvalue weighted by molar-refractivity contribution is 0.331. The summed E-state index contributed by atoms with van der Waals surface area (Å²) < 4.78 is 11.2. The highest BCUT2D eigenvalue weighted by molar-refractivity contribution is 5.89. The van der Waals surface area contributed by atoms with Crippen molar-refractivity contribution in [2.24, 2.45) is 0 Å². The Morgan fingerprint density at radius 2 is 1.74 bits per heavy atom. The van der Waals surface area contributed by atoms with Gasteiger partial charge >= 0.3 is 0 Å². The zero-order chi connectivity index (χ0) is 18.6. The molecule has 4 aromatic rings. The van der Waals surface area contributed by atoms with E-state index in [9.17, 15) is 0 Å². The van der Waals surface area contributed by atoms with Crippen LogP contribution in [0, 0.1) is 0 Å². The van der Waals surface area contributed by atoms with E-state index in [4.69, 9.17) is 14.5 Å². The lowest BCUT2D eigenvalue weighted by atomic mass is 10.0. The number of methoxy groups -OCH3 is 1. The first-order valence-electron chi connectivity index (χ1n) is 8.78. The molecular formula is C22H19N3O2. The molecule has 0 bridgehead atoms. The summed E-state index contributed by atoms with van der Waals surface area (Å²) in [5.41, 5.74) is 3.81. The van der Waals surface area contributed by atoms with Crippen LogP contribution in [0.5, 0.6) is 11.6 Å². The molecule has 0 aliphatic carbocycles. The first-order chi connectivity index (χ1) is 13.3. The van der Waals surface area contributed by atoms with Gasteiger partial charge in [0.05, 0.1) is 24.6 Å². The molecule has 0 saturated heterocycles. The lowest BCUT2D eigenvalue weighted by Gasteiger charge is -2.11. The zero-order valence-corrected chi connectivity index (χ0v) is 15.2. The molecule has 0 N–H and O–H groups in total. The van der Waals surface area contributed by atoms with Crippen LogP contribution in [0.3, 0.4) is 0 Å². The molecule has 0 atom stereocenters. The molecule has 0 radical (unpaired) electrons. The second kappa shape index (κ2) is 7.41. The predicted octanol–water partition coefficient (Wildman–Crippen LogP) is 4.77. The van der Waals surface area contributed by atoms with E-state index in [-0.39, 0.29) is 0 Å². The summed E-state index contributed by atoms with van der Waals surface area (Å²) >= 11 is 0. The van der Waals surface area contributed by atoms with Gasteiger partial charge in [-0.15, -0.1) is 0 Å². The fourth-order valence-corrected chi connectivity index (χ4v) is 2.95. The van der Waals surface area contributed by atoms with E-state index >= 15 is 0 Å². The molecule has 0 aliphatic heterocycles. The number of hydrogen-bond donors (Lipinski definition) is 0. The minimum Gasteiger partial charge on any atom is -0.497 e. The van der Waals surface area contributed by atoms with E-state index in [2.05, 4.69) is 22.1 Å². The van der Waals surface area contributed by atoms with Gasteiger partial charge in [-0.05, 0) is 54.4 Å². The van der Waals surface area contributed by atoms with Crippen molar-refractivity contribution in [1.29, 1.82) is 0 Å². The van der Waals surface area contributed by atoms with Gasteiger partial charge in [0, 0.05) is 18.0 Å². The summed E-state index contributed by atoms with van der Waals surface area (Å²) in [5.74, 6) is 2.00. The van der Waals surface area contributed by atoms with Crippen LogP contribution in [0.15, 0.2) is 67.0 Å². The third-order valence-corrected chi connectivity index (χ3v) is 4.26. The third kappa shape index (κ3) is 3.44. The Morgan fingerprint density at radius 1 is 0.889 bits per heavy atom. The standard InChI is InChI=1S/C22H19N3O2/c1-3-27-22-19-13-16(15-6-4-8-18(12-15)26-2)9-10-20(19)24-21(25-22)17-7-5-11-23-14-17/h4-14H,3H2,1-2H3. The van der Waals surface area contributed by atoms with Gasteiger partial charge in [0.15, 0.2) is 5.82 Å². The summed E-state index contributed by atoms with van der Waals surface area (Å²) in [6.45, 7) is 2.48. The molecule has 0 spiro atoms. The Bertz CT molecular complexity index is 1080. The highest BCUT2D eigenvalue weighted by Crippen LogP contribution is 2.31. The van der Waals surface area contributed by atoms with E-state index in [0.29, 0.717) is 18.3 Å². The molecular weight excluding hydrogens is 338 g/mol. The van der Waals surface area contributed by atoms with Gasteiger partial charge in [-0.2, -0.15) is 4.98 Å². The summed E-state index contributed by atoms with van der Waals surface area (Å²) in [5, 5.41) is 0.879. The molecule has 0 fully saturated rings. The minimum absolute atomic E-state index is 0.530. The quantitative estimate of drug-likeness (QED) is 0.515. The normalized spacial score (nSPS) is 10.7. The average Bonchev–Trinajstić information content (AvgIpc) is 2.74. The molecule has 4 rings (SSSR count). The van der Waals surface area contributed by atoms with Crippen LogP contribution in [-0.4, -0.2) is 28.7 Å². The Kier molecular flexibility index (Phi) is 4.66. The molecule has 5 nitrogen and oxygen atoms in total. The number of benzene rings is 2. The Labute approximate surface area is 157 Å². The van der Waals surface area contributed by atoms with Crippen LogP contribution in [0.4, 0.5) is 0 Å². The predicted molar refractivity (Wildman–Crippen MR) is 106 cm³/mol. The first kappa shape index (κ1) is 17.0. The molecule has 134 valence electrons. The summed E-state index contributed by atoms with van der Waals surface area (Å²) in [6.07, 6.45) is 3.48. The second-order valence-corrected chi connectivity index (χ2v) is 5.99. The largest absolute Gasteiger partial charge is 0.497 e. The number of pyridine rings is 1. The van der Waals surface area contributed by atoms with Gasteiger partial charge in [0.1, 0.15) is 5.75 Å². The van der Waals surface area contributed by atoms with Gasteiger partial charge in [0.25, 0.3) is 0 Å². The van der Waals surface area contributed by atoms with Crippen molar-refractivity contribution in [3.63, 3.8) is 0 Å². The Balaban J connectivity index is 1.86. The molecule has 27 heavy (non-hydrogen) atoms. The average molecular weight is 357 g/mol. The number of nitrogens with zero attached hydrogens (tertiary/aromatic N) is 3. The molecule has 2 heterocycles. The number of ether oxygens (including phenoxy) is 2. The first-order valence-corrected chi connectivity index (χ1v) is 8.78. The maximum Gasteiger partial charge on any atom is 0.225 e. The number of hydrogen-bond acceptors (Lipinski definition) is 5. The second-order valence-electron chi connectivity index (χ2n) is 5.99. The van der Waals surface area contributed by atoms with Crippen LogP contribution in [0.1, 0.15) is 6.92 Å². The zero-order valence-electron chi connectivity index (χ0n) is 15.2. The molecule has 2 aromatic heterocycles. The molecule has 0 saturated carbocycles. The highest BCUT2D eigenvalue weighted by atomic mass is 16.5. The smallest absolute Gasteiger partial charge is 0.225 e. The van der Waals surface area contributed by atoms with Crippen LogP contribution in [0.2, 0.25) is 0 Å². The van der Waals surface area contributed by atoms with Crippen molar-refractivity contribution in [2.75, 3.05) is 13.7 Å². The third-order valence-electron chi connectivity index (χ3n) is 4.26. The van der Waals surface area contributed by atoms with Crippen molar-refractivity contribution in [2.45, 2.75) is 6.92 Å². The Hall–Kier alpha value is -3.47. The fraction of sp³-hybridized carbons (Fsp3) is 0.136. The van der Waals surface area contributed by atoms with Crippen LogP contribution >= 0.6 is 0 Å². The van der Waals surface area contributed by atoms with Gasteiger partial charge in [-0.3, -0.25) is 4.98 Å². The van der Waals surface area contributed by atoms with Crippen molar-refractivity contribution >= 4 is 10.9 Å². The molecule has 0 aliphatic rings. The highest BCUT2D eigenvalue weighted by Gasteiger charge is 2.12. The van der Waals surface area contributed by atoms with Crippen LogP contribution < -0.4 is 9.47 Å². The summed E-state index contributed by atoms with van der Waals surface area (Å²) in [4.78, 5) is 13.5. The van der Waals surface area contributed by atoms with Crippen LogP contribution in [-0.2, 0) is 0 Å². The maximum absolute atomic E-state index is 5.82. The number of rotatable bonds is 5. The summed E-state index contributed by atoms with van der Waals surface area (Å²) in [7, 11) is 1.67. The monoisotopic (exact) mass is 357 g/mol. The lowest BCUT2D eigenvalue weighted by Crippen LogP contribution is -2.00. The number of fused-ring (bicyclic) bond motifs is 1. The minimum atomic E-state index is 0.530. The van der Waals surface area contributed by atoms with Gasteiger partial charge in [-0.1, -0.05) is 18.2 Å². The van der Waals surface area contributed by atoms with E-state index < -0.39 is 0 Å². The topological polar surface area (TPSA) is 57.1 Å². The molecule has 5 heteroatoms. The van der Waals surface area contributed by atoms with Crippen molar-refractivity contribution in [3.8, 4) is 34.1 Å². The fourth-order valence-electron chi connectivity index (χ4n) is 2.95. The maximum atomic E-state index is 5.82. The van der Waals surface area contributed by atoms with Crippen molar-refractivity contribution in [3.05, 3.63) is 67.0 Å². The van der Waals surface area contributed by atoms with E-state index in [1.807, 2.05) is 49.4 Å². The summed E-state index contributed by atoms with van der Waals surface area (Å²) in [6, 6.07) is 17.9. The Morgan fingerprint density at radius 3 is 2.52 bits per heavy atom. The molecule has 0 unspecified atom stereocenters. The van der Waals surface area contributed by atoms with Gasteiger partial charge in [-0.25, -0.2) is 4.98 Å². The van der Waals surface area contributed by atoms with Crippen LogP contribution in [0.25, 0.3) is 33.4 Å². The molecule has 0 amide bonds. The molecule has 2 aromatic carbocycles. The van der Waals surface area contributed by atoms with E-state index in [1.54, 1.807) is 19.5 Å². The van der Waals surface area contributed by atoms with E-state index in [1.165, 1.54) is 0 Å². The SMILES string of the molecule is CCOc1nc(-c2cccnc2)nc2ccc(-c3cccc(OC)c3)cc12. The van der Waals surface area contributed by atoms with E-state index in [0.717, 1.165) is 33.3 Å². The number of aromatic nitrogens is 3. The van der Waals surface area contributed by atoms with Crippen molar-refractivity contribution in [1.82, 2.24) is 15.0 Å². The van der Waals surface area contributed by atoms with Gasteiger partial charge in [0.2, 0.25) is 5.88 Å². The van der Waals surface area contributed by atoms with Gasteiger partial charge < -0.3 is 9.47 Å². The van der Waals surface area contributed by atoms with Crippen molar-refractivity contribution < 1.29 is 9.47 Å².